The van der Waals surface area contributed by atoms with E-state index in [9.17, 15) is 14.4 Å². The van der Waals surface area contributed by atoms with Crippen LogP contribution >= 0.6 is 0 Å². The van der Waals surface area contributed by atoms with Gasteiger partial charge in [0.1, 0.15) is 24.1 Å². The molecular formula is C36H36N2O6. The van der Waals surface area contributed by atoms with Gasteiger partial charge in [-0.1, -0.05) is 67.2 Å². The third kappa shape index (κ3) is 8.13. The van der Waals surface area contributed by atoms with Gasteiger partial charge >= 0.3 is 5.97 Å². The zero-order valence-corrected chi connectivity index (χ0v) is 25.1. The van der Waals surface area contributed by atoms with Crippen molar-refractivity contribution in [2.45, 2.75) is 19.4 Å². The number of amides is 1. The van der Waals surface area contributed by atoms with Gasteiger partial charge in [-0.05, 0) is 48.9 Å². The van der Waals surface area contributed by atoms with E-state index in [2.05, 4.69) is 11.9 Å². The summed E-state index contributed by atoms with van der Waals surface area (Å²) >= 11 is 0. The van der Waals surface area contributed by atoms with Crippen LogP contribution in [0.3, 0.4) is 0 Å². The second kappa shape index (κ2) is 15.2. The molecule has 0 unspecified atom stereocenters. The number of benzene rings is 4. The third-order valence-corrected chi connectivity index (χ3v) is 6.95. The van der Waals surface area contributed by atoms with Crippen LogP contribution in [0.2, 0.25) is 0 Å². The summed E-state index contributed by atoms with van der Waals surface area (Å²) in [6.45, 7) is 6.02. The van der Waals surface area contributed by atoms with Gasteiger partial charge in [0, 0.05) is 40.6 Å². The van der Waals surface area contributed by atoms with Crippen LogP contribution in [-0.2, 0) is 20.7 Å². The Morgan fingerprint density at radius 2 is 1.55 bits per heavy atom. The van der Waals surface area contributed by atoms with Gasteiger partial charge in [-0.3, -0.25) is 9.59 Å². The first-order valence-corrected chi connectivity index (χ1v) is 14.2. The van der Waals surface area contributed by atoms with Crippen LogP contribution < -0.4 is 19.7 Å². The van der Waals surface area contributed by atoms with Crippen molar-refractivity contribution in [2.75, 3.05) is 37.6 Å². The van der Waals surface area contributed by atoms with Crippen molar-refractivity contribution < 1.29 is 28.6 Å². The number of hydrogen-bond donors (Lipinski definition) is 1. The number of nitrogens with zero attached hydrogens (tertiary/aromatic N) is 1. The summed E-state index contributed by atoms with van der Waals surface area (Å²) in [4.78, 5) is 40.4. The molecule has 0 aromatic heterocycles. The topological polar surface area (TPSA) is 94.2 Å². The summed E-state index contributed by atoms with van der Waals surface area (Å²) in [7, 11) is 2.91. The molecule has 8 heteroatoms. The van der Waals surface area contributed by atoms with Crippen LogP contribution in [0, 0.1) is 0 Å². The van der Waals surface area contributed by atoms with E-state index in [1.165, 1.54) is 7.11 Å². The maximum Gasteiger partial charge on any atom is 0.328 e. The lowest BCUT2D eigenvalue weighted by molar-refractivity contribution is -0.141. The van der Waals surface area contributed by atoms with E-state index < -0.39 is 12.0 Å². The molecule has 1 N–H and O–H groups in total. The van der Waals surface area contributed by atoms with E-state index >= 15 is 0 Å². The van der Waals surface area contributed by atoms with Crippen molar-refractivity contribution >= 4 is 29.0 Å². The number of hydrogen-bond acceptors (Lipinski definition) is 7. The van der Waals surface area contributed by atoms with Gasteiger partial charge in [-0.15, -0.1) is 0 Å². The lowest BCUT2D eigenvalue weighted by atomic mass is 10.00. The molecule has 0 saturated heterocycles. The number of methoxy groups -OCH3 is 2. The van der Waals surface area contributed by atoms with Crippen LogP contribution in [0.25, 0.3) is 0 Å². The second-order valence-corrected chi connectivity index (χ2v) is 10.1. The fraction of sp³-hybridized carbons (Fsp3) is 0.194. The first kappa shape index (κ1) is 31.6. The molecular weight excluding hydrogens is 556 g/mol. The maximum absolute atomic E-state index is 13.2. The largest absolute Gasteiger partial charge is 0.497 e. The molecule has 0 aliphatic heterocycles. The Labute approximate surface area is 257 Å². The fourth-order valence-electron chi connectivity index (χ4n) is 4.64. The van der Waals surface area contributed by atoms with Crippen LogP contribution in [-0.4, -0.2) is 51.1 Å². The number of esters is 1. The molecule has 0 heterocycles. The lowest BCUT2D eigenvalue weighted by Crippen LogP contribution is -2.35. The van der Waals surface area contributed by atoms with E-state index in [1.54, 1.807) is 55.3 Å². The standard InChI is InChI=1S/C36H36N2O6/c1-25(2)35(40)38(28-13-10-14-30(24-28)42-3)21-22-44-29-19-17-26(18-20-29)23-33(36(41)43-4)37-32-16-9-8-15-31(32)34(39)27-11-6-5-7-12-27/h5-20,24,33,37H,1,21-23H2,2-4H3/t33-/m0/s1. The van der Waals surface area contributed by atoms with Crippen LogP contribution in [0.5, 0.6) is 11.5 Å². The Morgan fingerprint density at radius 1 is 0.841 bits per heavy atom. The molecule has 0 bridgehead atoms. The molecule has 1 amide bonds. The number of carbonyl (C=O) groups excluding carboxylic acids is 3. The number of ketones is 1. The number of ether oxygens (including phenoxy) is 3. The van der Waals surface area contributed by atoms with Gasteiger partial charge < -0.3 is 24.4 Å². The number of carbonyl (C=O) groups is 3. The van der Waals surface area contributed by atoms with E-state index in [1.807, 2.05) is 66.7 Å². The molecule has 4 aromatic carbocycles. The molecule has 0 saturated carbocycles. The number of anilines is 2. The van der Waals surface area contributed by atoms with E-state index in [4.69, 9.17) is 14.2 Å². The molecule has 0 spiro atoms. The minimum atomic E-state index is -0.735. The first-order chi connectivity index (χ1) is 21.3. The van der Waals surface area contributed by atoms with Gasteiger partial charge in [0.05, 0.1) is 20.8 Å². The number of para-hydroxylation sites is 1. The van der Waals surface area contributed by atoms with Gasteiger partial charge in [0.2, 0.25) is 0 Å². The Morgan fingerprint density at radius 3 is 2.23 bits per heavy atom. The molecule has 4 aromatic rings. The molecule has 1 atom stereocenters. The van der Waals surface area contributed by atoms with E-state index in [0.717, 1.165) is 5.56 Å². The summed E-state index contributed by atoms with van der Waals surface area (Å²) in [6, 6.07) is 30.0. The smallest absolute Gasteiger partial charge is 0.328 e. The van der Waals surface area contributed by atoms with Crippen molar-refractivity contribution in [2.24, 2.45) is 0 Å². The molecule has 0 aliphatic carbocycles. The van der Waals surface area contributed by atoms with Crippen molar-refractivity contribution in [1.82, 2.24) is 0 Å². The molecule has 0 aliphatic rings. The minimum Gasteiger partial charge on any atom is -0.497 e. The van der Waals surface area contributed by atoms with Crippen LogP contribution in [0.1, 0.15) is 28.4 Å². The molecule has 0 fully saturated rings. The highest BCUT2D eigenvalue weighted by molar-refractivity contribution is 6.12. The molecule has 0 radical (unpaired) electrons. The normalized spacial score (nSPS) is 11.2. The average molecular weight is 593 g/mol. The predicted molar refractivity (Wildman–Crippen MR) is 172 cm³/mol. The van der Waals surface area contributed by atoms with Crippen molar-refractivity contribution in [1.29, 1.82) is 0 Å². The van der Waals surface area contributed by atoms with Crippen LogP contribution in [0.4, 0.5) is 11.4 Å². The summed E-state index contributed by atoms with van der Waals surface area (Å²) in [6.07, 6.45) is 0.317. The predicted octanol–water partition coefficient (Wildman–Crippen LogP) is 6.11. The quantitative estimate of drug-likeness (QED) is 0.107. The summed E-state index contributed by atoms with van der Waals surface area (Å²) < 4.78 is 16.3. The Kier molecular flexibility index (Phi) is 10.9. The molecule has 4 rings (SSSR count). The zero-order chi connectivity index (χ0) is 31.5. The Hall–Kier alpha value is -5.37. The number of rotatable bonds is 14. The second-order valence-electron chi connectivity index (χ2n) is 10.1. The number of nitrogens with one attached hydrogen (secondary N) is 1. The monoisotopic (exact) mass is 592 g/mol. The SMILES string of the molecule is C=C(C)C(=O)N(CCOc1ccc(C[C@H](Nc2ccccc2C(=O)c2ccccc2)C(=O)OC)cc1)c1cccc(OC)c1. The van der Waals surface area contributed by atoms with E-state index in [-0.39, 0.29) is 18.3 Å². The highest BCUT2D eigenvalue weighted by Crippen LogP contribution is 2.24. The minimum absolute atomic E-state index is 0.145. The fourth-order valence-corrected chi connectivity index (χ4v) is 4.64. The first-order valence-electron chi connectivity index (χ1n) is 14.2. The third-order valence-electron chi connectivity index (χ3n) is 6.95. The summed E-state index contributed by atoms with van der Waals surface area (Å²) in [5, 5.41) is 3.22. The van der Waals surface area contributed by atoms with Crippen LogP contribution in [0.15, 0.2) is 115 Å². The van der Waals surface area contributed by atoms with Crippen molar-refractivity contribution in [3.05, 3.63) is 132 Å². The van der Waals surface area contributed by atoms with Gasteiger partial charge in [-0.25, -0.2) is 4.79 Å². The molecule has 44 heavy (non-hydrogen) atoms. The summed E-state index contributed by atoms with van der Waals surface area (Å²) in [5.74, 6) is 0.458. The lowest BCUT2D eigenvalue weighted by Gasteiger charge is -2.23. The van der Waals surface area contributed by atoms with Crippen molar-refractivity contribution in [3.8, 4) is 11.5 Å². The maximum atomic E-state index is 13.2. The molecule has 226 valence electrons. The molecule has 8 nitrogen and oxygen atoms in total. The van der Waals surface area contributed by atoms with Crippen molar-refractivity contribution in [3.63, 3.8) is 0 Å². The highest BCUT2D eigenvalue weighted by Gasteiger charge is 2.23. The Balaban J connectivity index is 1.42. The Bertz CT molecular complexity index is 1600. The zero-order valence-electron chi connectivity index (χ0n) is 25.1. The van der Waals surface area contributed by atoms with Gasteiger partial charge in [-0.2, -0.15) is 0 Å². The summed E-state index contributed by atoms with van der Waals surface area (Å²) in [5.41, 5.74) is 3.53. The van der Waals surface area contributed by atoms with Gasteiger partial charge in [0.15, 0.2) is 5.78 Å². The van der Waals surface area contributed by atoms with E-state index in [0.29, 0.717) is 52.5 Å². The van der Waals surface area contributed by atoms with Gasteiger partial charge in [0.25, 0.3) is 5.91 Å². The highest BCUT2D eigenvalue weighted by atomic mass is 16.5. The average Bonchev–Trinajstić information content (AvgIpc) is 3.06.